The second-order valence-corrected chi connectivity index (χ2v) is 16.2. The van der Waals surface area contributed by atoms with Gasteiger partial charge in [-0.15, -0.1) is 0 Å². The lowest BCUT2D eigenvalue weighted by Crippen LogP contribution is -2.68. The highest BCUT2D eigenvalue weighted by Gasteiger charge is 2.59. The van der Waals surface area contributed by atoms with E-state index in [0.29, 0.717) is 32.2 Å². The molecular formula is C41H73N3O17. The molecule has 3 amide bonds. The Morgan fingerprint density at radius 1 is 0.836 bits per heavy atom. The molecular weight excluding hydrogens is 806 g/mol. The van der Waals surface area contributed by atoms with Crippen molar-refractivity contribution in [3.8, 4) is 0 Å². The lowest BCUT2D eigenvalue weighted by molar-refractivity contribution is -0.353. The summed E-state index contributed by atoms with van der Waals surface area (Å²) in [6.07, 6.45) is -12.9. The van der Waals surface area contributed by atoms with Crippen LogP contribution in [-0.2, 0) is 33.3 Å². The maximum absolute atomic E-state index is 12.2. The third-order valence-electron chi connectivity index (χ3n) is 12.9. The van der Waals surface area contributed by atoms with Crippen LogP contribution in [0.3, 0.4) is 0 Å². The van der Waals surface area contributed by atoms with E-state index in [0.717, 1.165) is 4.90 Å². The molecule has 2 fully saturated rings. The summed E-state index contributed by atoms with van der Waals surface area (Å²) >= 11 is 0. The van der Waals surface area contributed by atoms with Gasteiger partial charge in [0.25, 0.3) is 11.8 Å². The average molecular weight is 880 g/mol. The van der Waals surface area contributed by atoms with Crippen LogP contribution < -0.4 is 10.6 Å². The number of nitrogens with one attached hydrogen (secondary N) is 2. The van der Waals surface area contributed by atoms with Crippen molar-refractivity contribution in [1.29, 1.82) is 0 Å². The number of amides is 3. The summed E-state index contributed by atoms with van der Waals surface area (Å²) in [6, 6.07) is 0. The number of ether oxygens (including phenoxy) is 4. The second-order valence-electron chi connectivity index (χ2n) is 16.2. The zero-order valence-corrected chi connectivity index (χ0v) is 35.9. The van der Waals surface area contributed by atoms with Crippen molar-refractivity contribution in [3.63, 3.8) is 0 Å². The van der Waals surface area contributed by atoms with Gasteiger partial charge in [0, 0.05) is 55.5 Å². The number of nitrogens with zero attached hydrogens (tertiary/aromatic N) is 1. The summed E-state index contributed by atoms with van der Waals surface area (Å²) in [6.45, 7) is 5.11. The van der Waals surface area contributed by atoms with Gasteiger partial charge in [-0.05, 0) is 38.1 Å². The predicted octanol–water partition coefficient (Wildman–Crippen LogP) is -3.34. The van der Waals surface area contributed by atoms with E-state index in [4.69, 9.17) is 18.9 Å². The fourth-order valence-electron chi connectivity index (χ4n) is 9.45. The number of carbonyl (C=O) groups is 3. The molecule has 0 aliphatic carbocycles. The van der Waals surface area contributed by atoms with Crippen LogP contribution in [0.2, 0.25) is 0 Å². The van der Waals surface area contributed by atoms with Crippen LogP contribution >= 0.6 is 0 Å². The number of hydrogen-bond donors (Lipinski definition) is 12. The van der Waals surface area contributed by atoms with Crippen molar-refractivity contribution in [2.24, 2.45) is 23.2 Å². The van der Waals surface area contributed by atoms with Gasteiger partial charge in [0.2, 0.25) is 5.91 Å². The minimum atomic E-state index is -1.80. The summed E-state index contributed by atoms with van der Waals surface area (Å²) in [5.74, 6) is -3.09. The van der Waals surface area contributed by atoms with Gasteiger partial charge in [-0.1, -0.05) is 40.5 Å². The summed E-state index contributed by atoms with van der Waals surface area (Å²) in [7, 11) is 0. The van der Waals surface area contributed by atoms with Crippen LogP contribution in [0.5, 0.6) is 0 Å². The molecule has 0 aromatic rings. The van der Waals surface area contributed by atoms with Gasteiger partial charge >= 0.3 is 0 Å². The Kier molecular flexibility index (Phi) is 22.5. The molecule has 14 atom stereocenters. The maximum Gasteiger partial charge on any atom is 0.253 e. The van der Waals surface area contributed by atoms with Crippen molar-refractivity contribution < 1.29 is 84.4 Å². The van der Waals surface area contributed by atoms with Gasteiger partial charge in [-0.2, -0.15) is 0 Å². The first-order chi connectivity index (χ1) is 29.2. The van der Waals surface area contributed by atoms with Gasteiger partial charge in [0.05, 0.1) is 69.7 Å². The molecule has 61 heavy (non-hydrogen) atoms. The quantitative estimate of drug-likeness (QED) is 0.0270. The molecule has 3 heterocycles. The van der Waals surface area contributed by atoms with Gasteiger partial charge in [-0.3, -0.25) is 19.3 Å². The molecule has 0 bridgehead atoms. The van der Waals surface area contributed by atoms with Crippen molar-refractivity contribution in [3.05, 3.63) is 12.2 Å². The highest BCUT2D eigenvalue weighted by Crippen LogP contribution is 2.49. The fourth-order valence-corrected chi connectivity index (χ4v) is 9.45. The molecule has 0 aromatic heterocycles. The highest BCUT2D eigenvalue weighted by molar-refractivity contribution is 6.12. The van der Waals surface area contributed by atoms with Crippen LogP contribution in [-0.4, -0.2) is 206 Å². The highest BCUT2D eigenvalue weighted by atomic mass is 16.7. The number of rotatable bonds is 28. The molecule has 12 N–H and O–H groups in total. The van der Waals surface area contributed by atoms with Crippen LogP contribution in [0, 0.1) is 23.2 Å². The second kappa shape index (κ2) is 25.9. The molecule has 354 valence electrons. The van der Waals surface area contributed by atoms with E-state index in [2.05, 4.69) is 10.6 Å². The van der Waals surface area contributed by atoms with E-state index < -0.39 is 129 Å². The van der Waals surface area contributed by atoms with Crippen LogP contribution in [0.25, 0.3) is 0 Å². The molecule has 0 unspecified atom stereocenters. The van der Waals surface area contributed by atoms with Crippen LogP contribution in [0.1, 0.15) is 72.6 Å². The van der Waals surface area contributed by atoms with Gasteiger partial charge < -0.3 is 80.6 Å². The molecule has 0 aromatic carbocycles. The fraction of sp³-hybridized carbons (Fsp3) is 0.878. The lowest BCUT2D eigenvalue weighted by atomic mass is 9.60. The SMILES string of the molecule is CCC(CC)[C@H]1[C@H](O)[C@@H](OCCO)[C@@H](O[C@H]2[C@H](O)[C@@H](O)[C@@H](C(CC)(CC)[C@@H]([C@H](O)[C@@H](O)CNCCCNC(=O)CCCN3C(=O)C=CC3=O)[C@H](O)CO)O[C@@H]2CO)O[C@@H]1CO. The van der Waals surface area contributed by atoms with E-state index >= 15 is 0 Å². The smallest absolute Gasteiger partial charge is 0.253 e. The first-order valence-electron chi connectivity index (χ1n) is 21.8. The third kappa shape index (κ3) is 12.9. The largest absolute Gasteiger partial charge is 0.394 e. The number of imide groups is 1. The zero-order valence-electron chi connectivity index (χ0n) is 35.9. The van der Waals surface area contributed by atoms with E-state index in [1.165, 1.54) is 12.2 Å². The molecule has 0 radical (unpaired) electrons. The van der Waals surface area contributed by atoms with Crippen molar-refractivity contribution in [1.82, 2.24) is 15.5 Å². The van der Waals surface area contributed by atoms with Crippen molar-refractivity contribution in [2.45, 2.75) is 146 Å². The van der Waals surface area contributed by atoms with E-state index in [1.54, 1.807) is 13.8 Å². The predicted molar refractivity (Wildman–Crippen MR) is 216 cm³/mol. The summed E-state index contributed by atoms with van der Waals surface area (Å²) < 4.78 is 24.4. The number of aliphatic hydroxyl groups is 10. The minimum absolute atomic E-state index is 0.0719. The normalized spacial score (nSPS) is 30.5. The summed E-state index contributed by atoms with van der Waals surface area (Å²) in [5, 5.41) is 116. The first-order valence-corrected chi connectivity index (χ1v) is 21.8. The van der Waals surface area contributed by atoms with E-state index in [1.807, 2.05) is 13.8 Å². The Morgan fingerprint density at radius 2 is 1.48 bits per heavy atom. The molecule has 20 nitrogen and oxygen atoms in total. The Balaban J connectivity index is 1.70. The standard InChI is InChI=1S/C41H73N3O17/c1-5-23(6-2)31-26(21-47)60-40(38(34(31)55)58-18-17-45)61-37-27(22-48)59-39(36(57)35(37)56)41(7-3,8-4)32(25(50)20-46)33(54)24(49)19-42-14-10-15-43-28(51)11-9-16-44-29(52)12-13-30(44)53/h12-13,23-27,31-40,42,45-50,54-57H,5-11,14-22H2,1-4H3,(H,43,51)/t24-,25+,26+,27+,31+,32+,33+,34-,35+,36+,37+,38+,39-,40+/m0/s1. The Bertz CT molecular complexity index is 1330. The average Bonchev–Trinajstić information content (AvgIpc) is 3.58. The maximum atomic E-state index is 12.2. The lowest BCUT2D eigenvalue weighted by Gasteiger charge is -2.55. The van der Waals surface area contributed by atoms with Gasteiger partial charge in [0.15, 0.2) is 6.29 Å². The van der Waals surface area contributed by atoms with Crippen molar-refractivity contribution >= 4 is 17.7 Å². The molecule has 20 heteroatoms. The van der Waals surface area contributed by atoms with Crippen molar-refractivity contribution in [2.75, 3.05) is 59.2 Å². The van der Waals surface area contributed by atoms with Gasteiger partial charge in [0.1, 0.15) is 30.5 Å². The van der Waals surface area contributed by atoms with Gasteiger partial charge in [-0.25, -0.2) is 0 Å². The van der Waals surface area contributed by atoms with Crippen LogP contribution in [0.4, 0.5) is 0 Å². The Labute approximate surface area is 357 Å². The molecule has 0 saturated carbocycles. The summed E-state index contributed by atoms with van der Waals surface area (Å²) in [5.41, 5.74) is -1.44. The number of carbonyl (C=O) groups excluding carboxylic acids is 3. The molecule has 3 aliphatic heterocycles. The topological polar surface area (TPSA) is 318 Å². The Hall–Kier alpha value is -2.25. The summed E-state index contributed by atoms with van der Waals surface area (Å²) in [4.78, 5) is 36.6. The van der Waals surface area contributed by atoms with Crippen LogP contribution in [0.15, 0.2) is 12.2 Å². The monoisotopic (exact) mass is 879 g/mol. The number of hydrogen-bond acceptors (Lipinski definition) is 18. The van der Waals surface area contributed by atoms with E-state index in [9.17, 15) is 65.4 Å². The molecule has 0 spiro atoms. The van der Waals surface area contributed by atoms with E-state index in [-0.39, 0.29) is 57.3 Å². The minimum Gasteiger partial charge on any atom is -0.394 e. The third-order valence-corrected chi connectivity index (χ3v) is 12.9. The first kappa shape index (κ1) is 53.1. The number of aliphatic hydroxyl groups excluding tert-OH is 10. The molecule has 3 aliphatic rings. The Morgan fingerprint density at radius 3 is 2.03 bits per heavy atom. The zero-order chi connectivity index (χ0) is 45.4. The molecule has 2 saturated heterocycles. The molecule has 3 rings (SSSR count).